The normalized spacial score (nSPS) is 11.9. The molecule has 1 N–H and O–H groups in total. The van der Waals surface area contributed by atoms with Crippen LogP contribution in [0.15, 0.2) is 24.3 Å². The van der Waals surface area contributed by atoms with E-state index in [4.69, 9.17) is 0 Å². The molecule has 0 saturated heterocycles. The fraction of sp³-hybridized carbons (Fsp3) is 0.846. The smallest absolute Gasteiger partial charge is 0.0380 e. The molecule has 40 heavy (non-hydrogen) atoms. The van der Waals surface area contributed by atoms with Crippen LogP contribution in [0.5, 0.6) is 0 Å². The van der Waals surface area contributed by atoms with Gasteiger partial charge in [-0.25, -0.2) is 0 Å². The van der Waals surface area contributed by atoms with Crippen LogP contribution >= 0.6 is 0 Å². The van der Waals surface area contributed by atoms with E-state index < -0.39 is 0 Å². The van der Waals surface area contributed by atoms with Crippen LogP contribution in [0, 0.1) is 0 Å². The maximum atomic E-state index is 3.90. The van der Waals surface area contributed by atoms with E-state index in [2.05, 4.69) is 57.3 Å². The van der Waals surface area contributed by atoms with Gasteiger partial charge in [0.2, 0.25) is 0 Å². The first-order valence-corrected chi connectivity index (χ1v) is 18.4. The van der Waals surface area contributed by atoms with Gasteiger partial charge in [0.15, 0.2) is 0 Å². The summed E-state index contributed by atoms with van der Waals surface area (Å²) in [6, 6.07) is 9.22. The molecule has 0 amide bonds. The molecule has 0 aliphatic heterocycles. The zero-order valence-electron chi connectivity index (χ0n) is 28.1. The van der Waals surface area contributed by atoms with Crippen LogP contribution in [0.3, 0.4) is 0 Å². The van der Waals surface area contributed by atoms with Crippen LogP contribution in [0.2, 0.25) is 0 Å². The number of nitrogens with one attached hydrogen (secondary N) is 1. The molecule has 0 heterocycles. The summed E-state index contributed by atoms with van der Waals surface area (Å²) in [5.41, 5.74) is 3.14. The van der Waals surface area contributed by atoms with Gasteiger partial charge < -0.3 is 5.32 Å². The average molecular weight is 556 g/mol. The minimum atomic E-state index is 0.0599. The minimum Gasteiger partial charge on any atom is -0.308 e. The van der Waals surface area contributed by atoms with Gasteiger partial charge in [-0.05, 0) is 50.8 Å². The molecule has 234 valence electrons. The van der Waals surface area contributed by atoms with Gasteiger partial charge in [0.05, 0.1) is 0 Å². The van der Waals surface area contributed by atoms with Crippen molar-refractivity contribution in [2.45, 2.75) is 207 Å². The summed E-state index contributed by atoms with van der Waals surface area (Å²) in [6.45, 7) is 10.5. The zero-order valence-corrected chi connectivity index (χ0v) is 28.1. The molecule has 0 atom stereocenters. The van der Waals surface area contributed by atoms with Gasteiger partial charge in [0.25, 0.3) is 0 Å². The summed E-state index contributed by atoms with van der Waals surface area (Å²) in [4.78, 5) is 0. The Hall–Kier alpha value is -0.820. The van der Waals surface area contributed by atoms with Crippen LogP contribution in [-0.4, -0.2) is 6.54 Å². The van der Waals surface area contributed by atoms with Gasteiger partial charge in [0, 0.05) is 5.54 Å². The van der Waals surface area contributed by atoms with Crippen LogP contribution in [0.25, 0.3) is 0 Å². The molecule has 1 nitrogen and oxygen atoms in total. The van der Waals surface area contributed by atoms with E-state index in [1.807, 2.05) is 0 Å². The molecule has 0 aromatic heterocycles. The largest absolute Gasteiger partial charge is 0.308 e. The molecule has 0 fully saturated rings. The van der Waals surface area contributed by atoms with Crippen LogP contribution in [0.4, 0.5) is 0 Å². The Morgan fingerprint density at radius 1 is 0.450 bits per heavy atom. The second kappa shape index (κ2) is 27.0. The molecular formula is C39H73N. The lowest BCUT2D eigenvalue weighted by Crippen LogP contribution is -2.38. The molecule has 1 rings (SSSR count). The van der Waals surface area contributed by atoms with Gasteiger partial charge in [-0.3, -0.25) is 0 Å². The van der Waals surface area contributed by atoms with Crippen molar-refractivity contribution >= 4 is 0 Å². The van der Waals surface area contributed by atoms with Crippen molar-refractivity contribution < 1.29 is 0 Å². The Balaban J connectivity index is 2.08. The number of hydrogen-bond acceptors (Lipinski definition) is 1. The van der Waals surface area contributed by atoms with E-state index in [1.165, 1.54) is 179 Å². The summed E-state index contributed by atoms with van der Waals surface area (Å²) in [5, 5.41) is 3.90. The number of aryl methyl sites for hydroxylation is 1. The van der Waals surface area contributed by atoms with E-state index in [1.54, 1.807) is 5.56 Å². The van der Waals surface area contributed by atoms with Crippen molar-refractivity contribution in [1.82, 2.24) is 5.32 Å². The lowest BCUT2D eigenvalue weighted by atomic mass is 9.87. The van der Waals surface area contributed by atoms with Gasteiger partial charge in [-0.15, -0.1) is 0 Å². The first kappa shape index (κ1) is 37.2. The summed E-state index contributed by atoms with van der Waals surface area (Å²) >= 11 is 0. The molecule has 1 aromatic carbocycles. The van der Waals surface area contributed by atoms with E-state index >= 15 is 0 Å². The van der Waals surface area contributed by atoms with Crippen molar-refractivity contribution in [2.24, 2.45) is 0 Å². The summed E-state index contributed by atoms with van der Waals surface area (Å²) < 4.78 is 0. The molecule has 0 aliphatic rings. The third-order valence-electron chi connectivity index (χ3n) is 9.09. The van der Waals surface area contributed by atoms with E-state index in [0.29, 0.717) is 0 Å². The molecular weight excluding hydrogens is 482 g/mol. The molecule has 0 radical (unpaired) electrons. The predicted octanol–water partition coefficient (Wildman–Crippen LogP) is 13.2. The summed E-state index contributed by atoms with van der Waals surface area (Å²) in [6.07, 6.45) is 38.3. The lowest BCUT2D eigenvalue weighted by Gasteiger charge is -2.29. The number of benzene rings is 1. The molecule has 0 saturated carbocycles. The SMILES string of the molecule is CCCCCCCCCCCCCCCCc1ccccc1C(C)(C)NCCCCCCCCCCCCCC. The zero-order chi connectivity index (χ0) is 29.0. The van der Waals surface area contributed by atoms with E-state index in [0.717, 1.165) is 6.54 Å². The fourth-order valence-corrected chi connectivity index (χ4v) is 6.32. The molecule has 1 heteroatoms. The minimum absolute atomic E-state index is 0.0599. The van der Waals surface area contributed by atoms with Crippen molar-refractivity contribution in [2.75, 3.05) is 6.54 Å². The van der Waals surface area contributed by atoms with Crippen molar-refractivity contribution in [3.8, 4) is 0 Å². The van der Waals surface area contributed by atoms with Crippen LogP contribution in [-0.2, 0) is 12.0 Å². The molecule has 1 aromatic rings. The monoisotopic (exact) mass is 556 g/mol. The average Bonchev–Trinajstić information content (AvgIpc) is 2.96. The standard InChI is InChI=1S/C39H73N/c1-5-7-9-11-13-15-17-19-20-21-23-25-27-29-33-37-34-30-31-35-38(37)39(3,4)40-36-32-28-26-24-22-18-16-14-12-10-8-6-2/h30-31,34-35,40H,5-29,32-33,36H2,1-4H3. The van der Waals surface area contributed by atoms with Crippen LogP contribution < -0.4 is 5.32 Å². The Morgan fingerprint density at radius 2 is 0.800 bits per heavy atom. The first-order valence-electron chi connectivity index (χ1n) is 18.4. The maximum Gasteiger partial charge on any atom is 0.0380 e. The molecule has 0 bridgehead atoms. The number of hydrogen-bond donors (Lipinski definition) is 1. The van der Waals surface area contributed by atoms with E-state index in [-0.39, 0.29) is 5.54 Å². The lowest BCUT2D eigenvalue weighted by molar-refractivity contribution is 0.391. The topological polar surface area (TPSA) is 12.0 Å². The third kappa shape index (κ3) is 21.0. The Kier molecular flexibility index (Phi) is 25.2. The highest BCUT2D eigenvalue weighted by Gasteiger charge is 2.22. The van der Waals surface area contributed by atoms with Gasteiger partial charge in [-0.1, -0.05) is 192 Å². The highest BCUT2D eigenvalue weighted by atomic mass is 14.9. The van der Waals surface area contributed by atoms with Gasteiger partial charge >= 0.3 is 0 Å². The number of rotatable bonds is 30. The summed E-state index contributed by atoms with van der Waals surface area (Å²) in [7, 11) is 0. The van der Waals surface area contributed by atoms with Crippen molar-refractivity contribution in [3.05, 3.63) is 35.4 Å². The van der Waals surface area contributed by atoms with Gasteiger partial charge in [0.1, 0.15) is 0 Å². The second-order valence-corrected chi connectivity index (χ2v) is 13.4. The van der Waals surface area contributed by atoms with Gasteiger partial charge in [-0.2, -0.15) is 0 Å². The highest BCUT2D eigenvalue weighted by Crippen LogP contribution is 2.26. The maximum absolute atomic E-state index is 3.90. The highest BCUT2D eigenvalue weighted by molar-refractivity contribution is 5.33. The van der Waals surface area contributed by atoms with Crippen LogP contribution in [0.1, 0.15) is 206 Å². The van der Waals surface area contributed by atoms with Crippen molar-refractivity contribution in [1.29, 1.82) is 0 Å². The summed E-state index contributed by atoms with van der Waals surface area (Å²) in [5.74, 6) is 0. The van der Waals surface area contributed by atoms with Crippen molar-refractivity contribution in [3.63, 3.8) is 0 Å². The quantitative estimate of drug-likeness (QED) is 0.0931. The Morgan fingerprint density at radius 3 is 1.23 bits per heavy atom. The molecule has 0 unspecified atom stereocenters. The predicted molar refractivity (Wildman–Crippen MR) is 183 cm³/mol. The fourth-order valence-electron chi connectivity index (χ4n) is 6.32. The first-order chi connectivity index (χ1) is 19.6. The molecule has 0 spiro atoms. The third-order valence-corrected chi connectivity index (χ3v) is 9.09. The Labute approximate surface area is 253 Å². The Bertz CT molecular complexity index is 648. The molecule has 0 aliphatic carbocycles. The second-order valence-electron chi connectivity index (χ2n) is 13.4. The number of unbranched alkanes of at least 4 members (excludes halogenated alkanes) is 24. The van der Waals surface area contributed by atoms with E-state index in [9.17, 15) is 0 Å².